The third-order valence-corrected chi connectivity index (χ3v) is 3.07. The first-order valence-electron chi connectivity index (χ1n) is 5.10. The van der Waals surface area contributed by atoms with Crippen molar-refractivity contribution in [3.8, 4) is 0 Å². The summed E-state index contributed by atoms with van der Waals surface area (Å²) in [5, 5.41) is 0. The highest BCUT2D eigenvalue weighted by Gasteiger charge is 2.30. The van der Waals surface area contributed by atoms with E-state index in [0.717, 1.165) is 13.0 Å². The van der Waals surface area contributed by atoms with Crippen molar-refractivity contribution in [2.45, 2.75) is 51.6 Å². The van der Waals surface area contributed by atoms with Gasteiger partial charge in [0.1, 0.15) is 0 Å². The molecule has 12 heavy (non-hydrogen) atoms. The van der Waals surface area contributed by atoms with Gasteiger partial charge in [-0.1, -0.05) is 6.92 Å². The second-order valence-corrected chi connectivity index (χ2v) is 4.38. The maximum absolute atomic E-state index is 6.24. The largest absolute Gasteiger partial charge is 0.324 e. The first kappa shape index (κ1) is 10.0. The second kappa shape index (κ2) is 3.75. The van der Waals surface area contributed by atoms with Crippen LogP contribution in [0.2, 0.25) is 0 Å². The van der Waals surface area contributed by atoms with Crippen LogP contribution >= 0.6 is 0 Å². The highest BCUT2D eigenvalue weighted by atomic mass is 15.2. The van der Waals surface area contributed by atoms with Gasteiger partial charge in [0.25, 0.3) is 0 Å². The van der Waals surface area contributed by atoms with Gasteiger partial charge in [-0.3, -0.25) is 4.90 Å². The Balaban J connectivity index is 2.51. The Kier molecular flexibility index (Phi) is 3.13. The van der Waals surface area contributed by atoms with Crippen molar-refractivity contribution in [3.05, 3.63) is 0 Å². The number of likely N-dealkylation sites (tertiary alicyclic amines) is 1. The molecular weight excluding hydrogens is 148 g/mol. The molecule has 0 aromatic carbocycles. The Labute approximate surface area is 76.1 Å². The Hall–Kier alpha value is -0.0800. The zero-order valence-corrected chi connectivity index (χ0v) is 8.64. The molecule has 1 rings (SSSR count). The molecule has 0 bridgehead atoms. The van der Waals surface area contributed by atoms with Crippen LogP contribution in [0.4, 0.5) is 0 Å². The van der Waals surface area contributed by atoms with Gasteiger partial charge in [-0.25, -0.2) is 0 Å². The Morgan fingerprint density at radius 3 is 2.67 bits per heavy atom. The molecule has 1 aliphatic rings. The fraction of sp³-hybridized carbons (Fsp3) is 1.00. The fourth-order valence-corrected chi connectivity index (χ4v) is 1.93. The third kappa shape index (κ3) is 2.20. The van der Waals surface area contributed by atoms with Gasteiger partial charge in [0.05, 0.1) is 0 Å². The molecule has 0 aromatic heterocycles. The SMILES string of the molecule is CCC1(N)CCCN(C(C)C)C1. The van der Waals surface area contributed by atoms with Crippen LogP contribution in [0.3, 0.4) is 0 Å². The average molecular weight is 170 g/mol. The van der Waals surface area contributed by atoms with Gasteiger partial charge in [-0.15, -0.1) is 0 Å². The van der Waals surface area contributed by atoms with Crippen molar-refractivity contribution < 1.29 is 0 Å². The number of hydrogen-bond acceptors (Lipinski definition) is 2. The second-order valence-electron chi connectivity index (χ2n) is 4.38. The highest BCUT2D eigenvalue weighted by molar-refractivity contribution is 4.91. The minimum absolute atomic E-state index is 0.0997. The molecule has 2 N–H and O–H groups in total. The van der Waals surface area contributed by atoms with E-state index in [1.54, 1.807) is 0 Å². The topological polar surface area (TPSA) is 29.3 Å². The van der Waals surface area contributed by atoms with Crippen LogP contribution < -0.4 is 5.73 Å². The predicted molar refractivity (Wildman–Crippen MR) is 53.2 cm³/mol. The molecule has 2 heteroatoms. The highest BCUT2D eigenvalue weighted by Crippen LogP contribution is 2.22. The van der Waals surface area contributed by atoms with Crippen LogP contribution in [0.5, 0.6) is 0 Å². The monoisotopic (exact) mass is 170 g/mol. The Morgan fingerprint density at radius 2 is 2.17 bits per heavy atom. The van der Waals surface area contributed by atoms with Crippen LogP contribution in [0.1, 0.15) is 40.0 Å². The summed E-state index contributed by atoms with van der Waals surface area (Å²) in [6.07, 6.45) is 3.57. The standard InChI is InChI=1S/C10H22N2/c1-4-10(11)6-5-7-12(8-10)9(2)3/h9H,4-8,11H2,1-3H3. The lowest BCUT2D eigenvalue weighted by molar-refractivity contribution is 0.117. The molecule has 0 aliphatic carbocycles. The van der Waals surface area contributed by atoms with Crippen molar-refractivity contribution in [1.29, 1.82) is 0 Å². The van der Waals surface area contributed by atoms with Crippen LogP contribution in [-0.2, 0) is 0 Å². The molecular formula is C10H22N2. The van der Waals surface area contributed by atoms with E-state index >= 15 is 0 Å². The average Bonchev–Trinajstić information content (AvgIpc) is 2.05. The maximum Gasteiger partial charge on any atom is 0.0281 e. The molecule has 0 radical (unpaired) electrons. The van der Waals surface area contributed by atoms with Crippen LogP contribution in [0.25, 0.3) is 0 Å². The first-order chi connectivity index (χ1) is 5.57. The molecule has 0 amide bonds. The summed E-state index contributed by atoms with van der Waals surface area (Å²) in [5.74, 6) is 0. The minimum atomic E-state index is 0.0997. The first-order valence-corrected chi connectivity index (χ1v) is 5.10. The van der Waals surface area contributed by atoms with Crippen LogP contribution in [0, 0.1) is 0 Å². The van der Waals surface area contributed by atoms with Crippen molar-refractivity contribution in [2.75, 3.05) is 13.1 Å². The summed E-state index contributed by atoms with van der Waals surface area (Å²) in [6.45, 7) is 9.02. The van der Waals surface area contributed by atoms with E-state index in [9.17, 15) is 0 Å². The Bertz CT molecular complexity index is 145. The van der Waals surface area contributed by atoms with Crippen molar-refractivity contribution >= 4 is 0 Å². The summed E-state index contributed by atoms with van der Waals surface area (Å²) in [7, 11) is 0. The molecule has 1 unspecified atom stereocenters. The van der Waals surface area contributed by atoms with Crippen molar-refractivity contribution in [3.63, 3.8) is 0 Å². The summed E-state index contributed by atoms with van der Waals surface area (Å²) >= 11 is 0. The number of nitrogens with two attached hydrogens (primary N) is 1. The summed E-state index contributed by atoms with van der Waals surface area (Å²) in [4.78, 5) is 2.49. The van der Waals surface area contributed by atoms with Gasteiger partial charge in [-0.05, 0) is 39.7 Å². The van der Waals surface area contributed by atoms with Gasteiger partial charge >= 0.3 is 0 Å². The van der Waals surface area contributed by atoms with Crippen LogP contribution in [-0.4, -0.2) is 29.6 Å². The third-order valence-electron chi connectivity index (χ3n) is 3.07. The van der Waals surface area contributed by atoms with Gasteiger partial charge < -0.3 is 5.73 Å². The molecule has 1 saturated heterocycles. The van der Waals surface area contributed by atoms with Gasteiger partial charge in [0, 0.05) is 18.1 Å². The summed E-state index contributed by atoms with van der Waals surface area (Å²) in [6, 6.07) is 0.653. The van der Waals surface area contributed by atoms with E-state index in [1.807, 2.05) is 0 Å². The molecule has 1 heterocycles. The smallest absolute Gasteiger partial charge is 0.0281 e. The quantitative estimate of drug-likeness (QED) is 0.682. The maximum atomic E-state index is 6.24. The van der Waals surface area contributed by atoms with E-state index < -0.39 is 0 Å². The molecule has 1 atom stereocenters. The van der Waals surface area contributed by atoms with E-state index in [4.69, 9.17) is 5.73 Å². The number of piperidine rings is 1. The minimum Gasteiger partial charge on any atom is -0.324 e. The normalized spacial score (nSPS) is 32.8. The molecule has 0 aromatic rings. The molecule has 0 saturated carbocycles. The zero-order valence-electron chi connectivity index (χ0n) is 8.64. The Morgan fingerprint density at radius 1 is 1.50 bits per heavy atom. The summed E-state index contributed by atoms with van der Waals surface area (Å²) in [5.41, 5.74) is 6.34. The lowest BCUT2D eigenvalue weighted by Crippen LogP contribution is -2.55. The number of rotatable bonds is 2. The van der Waals surface area contributed by atoms with E-state index in [-0.39, 0.29) is 5.54 Å². The van der Waals surface area contributed by atoms with E-state index in [0.29, 0.717) is 6.04 Å². The molecule has 72 valence electrons. The van der Waals surface area contributed by atoms with Crippen molar-refractivity contribution in [2.24, 2.45) is 5.73 Å². The molecule has 1 fully saturated rings. The predicted octanol–water partition coefficient (Wildman–Crippen LogP) is 1.60. The van der Waals surface area contributed by atoms with Gasteiger partial charge in [0.2, 0.25) is 0 Å². The van der Waals surface area contributed by atoms with Crippen molar-refractivity contribution in [1.82, 2.24) is 4.90 Å². The van der Waals surface area contributed by atoms with E-state index in [1.165, 1.54) is 19.4 Å². The van der Waals surface area contributed by atoms with E-state index in [2.05, 4.69) is 25.7 Å². The molecule has 1 aliphatic heterocycles. The summed E-state index contributed by atoms with van der Waals surface area (Å²) < 4.78 is 0. The van der Waals surface area contributed by atoms with Crippen LogP contribution in [0.15, 0.2) is 0 Å². The zero-order chi connectivity index (χ0) is 9.19. The molecule has 0 spiro atoms. The lowest BCUT2D eigenvalue weighted by atomic mass is 9.87. The number of hydrogen-bond donors (Lipinski definition) is 1. The molecule has 2 nitrogen and oxygen atoms in total. The number of nitrogens with zero attached hydrogens (tertiary/aromatic N) is 1. The van der Waals surface area contributed by atoms with Gasteiger partial charge in [-0.2, -0.15) is 0 Å². The van der Waals surface area contributed by atoms with Gasteiger partial charge in [0.15, 0.2) is 0 Å². The fourth-order valence-electron chi connectivity index (χ4n) is 1.93. The lowest BCUT2D eigenvalue weighted by Gasteiger charge is -2.41.